The van der Waals surface area contributed by atoms with E-state index in [1.165, 1.54) is 0 Å². The van der Waals surface area contributed by atoms with Gasteiger partial charge in [-0.15, -0.1) is 0 Å². The normalized spacial score (nSPS) is 55.2. The van der Waals surface area contributed by atoms with Crippen LogP contribution in [0.5, 0.6) is 0 Å². The summed E-state index contributed by atoms with van der Waals surface area (Å²) in [5, 5.41) is 50.9. The van der Waals surface area contributed by atoms with E-state index in [0.29, 0.717) is 43.3 Å². The molecule has 0 aromatic heterocycles. The Kier molecular flexibility index (Phi) is 6.14. The summed E-state index contributed by atoms with van der Waals surface area (Å²) in [5.74, 6) is -0.0129. The Morgan fingerprint density at radius 3 is 2.47 bits per heavy atom. The third kappa shape index (κ3) is 3.58. The molecule has 13 atom stereocenters. The molecule has 34 heavy (non-hydrogen) atoms. The third-order valence-corrected chi connectivity index (χ3v) is 10.4. The van der Waals surface area contributed by atoms with Crippen LogP contribution in [0.15, 0.2) is 0 Å². The number of Topliss-reactive ketones (excluding diaryl/α,β-unsaturated/α-hetero) is 1. The molecule has 1 saturated heterocycles. The lowest BCUT2D eigenvalue weighted by molar-refractivity contribution is -0.310. The van der Waals surface area contributed by atoms with Crippen LogP contribution in [0.2, 0.25) is 0 Å². The van der Waals surface area contributed by atoms with Crippen molar-refractivity contribution in [1.29, 1.82) is 0 Å². The summed E-state index contributed by atoms with van der Waals surface area (Å²) in [5.41, 5.74) is -0.481. The van der Waals surface area contributed by atoms with Gasteiger partial charge in [0.1, 0.15) is 24.1 Å². The summed E-state index contributed by atoms with van der Waals surface area (Å²) in [6.07, 6.45) is -2.58. The minimum atomic E-state index is -1.74. The fourth-order valence-corrected chi connectivity index (χ4v) is 8.59. The van der Waals surface area contributed by atoms with Crippen molar-refractivity contribution >= 4 is 11.8 Å². The van der Waals surface area contributed by atoms with Gasteiger partial charge in [-0.2, -0.15) is 0 Å². The maximum atomic E-state index is 12.7. The van der Waals surface area contributed by atoms with Crippen LogP contribution in [0.25, 0.3) is 0 Å². The summed E-state index contributed by atoms with van der Waals surface area (Å²) >= 11 is 0. The first-order chi connectivity index (χ1) is 16.0. The number of carboxylic acids is 1. The highest BCUT2D eigenvalue weighted by atomic mass is 16.7. The van der Waals surface area contributed by atoms with E-state index in [9.17, 15) is 35.1 Å². The highest BCUT2D eigenvalue weighted by Gasteiger charge is 2.63. The first-order valence-electron chi connectivity index (χ1n) is 12.8. The lowest BCUT2D eigenvalue weighted by Gasteiger charge is -2.61. The van der Waals surface area contributed by atoms with Crippen LogP contribution in [-0.2, 0) is 19.1 Å². The van der Waals surface area contributed by atoms with E-state index >= 15 is 0 Å². The van der Waals surface area contributed by atoms with Gasteiger partial charge in [-0.1, -0.05) is 13.8 Å². The third-order valence-electron chi connectivity index (χ3n) is 10.4. The Balaban J connectivity index is 1.29. The summed E-state index contributed by atoms with van der Waals surface area (Å²) in [7, 11) is 0. The summed E-state index contributed by atoms with van der Waals surface area (Å²) in [4.78, 5) is 24.0. The van der Waals surface area contributed by atoms with E-state index in [1.807, 2.05) is 0 Å². The molecule has 0 amide bonds. The fourth-order valence-electron chi connectivity index (χ4n) is 8.59. The van der Waals surface area contributed by atoms with Gasteiger partial charge < -0.3 is 35.0 Å². The maximum absolute atomic E-state index is 12.7. The topological polar surface area (TPSA) is 154 Å². The minimum Gasteiger partial charge on any atom is -0.479 e. The number of rotatable bonds is 3. The van der Waals surface area contributed by atoms with Crippen LogP contribution in [-0.4, -0.2) is 80.2 Å². The minimum absolute atomic E-state index is 0.0828. The fraction of sp³-hybridized carbons (Fsp3) is 0.920. The molecule has 9 nitrogen and oxygen atoms in total. The summed E-state index contributed by atoms with van der Waals surface area (Å²) < 4.78 is 11.3. The predicted molar refractivity (Wildman–Crippen MR) is 117 cm³/mol. The Bertz CT molecular complexity index is 833. The van der Waals surface area contributed by atoms with Crippen molar-refractivity contribution in [3.05, 3.63) is 0 Å². The van der Waals surface area contributed by atoms with Crippen molar-refractivity contribution in [3.63, 3.8) is 0 Å². The van der Waals surface area contributed by atoms with Gasteiger partial charge in [-0.25, -0.2) is 4.79 Å². The number of ketones is 1. The summed E-state index contributed by atoms with van der Waals surface area (Å²) in [6, 6.07) is 0. The molecule has 5 fully saturated rings. The van der Waals surface area contributed by atoms with Gasteiger partial charge in [0.15, 0.2) is 12.4 Å². The largest absolute Gasteiger partial charge is 0.479 e. The van der Waals surface area contributed by atoms with Gasteiger partial charge in [0.05, 0.1) is 12.2 Å². The molecule has 1 aliphatic heterocycles. The van der Waals surface area contributed by atoms with E-state index in [2.05, 4.69) is 13.8 Å². The van der Waals surface area contributed by atoms with Gasteiger partial charge in [0.25, 0.3) is 0 Å². The van der Waals surface area contributed by atoms with Crippen molar-refractivity contribution in [2.24, 2.45) is 34.5 Å². The van der Waals surface area contributed by atoms with E-state index in [1.54, 1.807) is 0 Å². The van der Waals surface area contributed by atoms with Crippen LogP contribution < -0.4 is 0 Å². The Labute approximate surface area is 199 Å². The SMILES string of the molecule is C[C@]12CC[C@H](O[C@@H]3O[C@H](C(=O)O)[C@@H](O)[C@H](O)[C@H]3O)CC1CC[C@@H]1[C@@H]2[C@@H](O)C[C@]2(C)C(=O)CC[C@@H]12. The number of ether oxygens (including phenoxy) is 2. The first kappa shape index (κ1) is 24.6. The van der Waals surface area contributed by atoms with Crippen molar-refractivity contribution in [2.75, 3.05) is 0 Å². The molecule has 5 N–H and O–H groups in total. The molecular weight excluding hydrogens is 444 g/mol. The number of aliphatic carboxylic acids is 1. The second-order valence-corrected chi connectivity index (χ2v) is 12.0. The average molecular weight is 483 g/mol. The maximum Gasteiger partial charge on any atom is 0.335 e. The molecule has 1 unspecified atom stereocenters. The van der Waals surface area contributed by atoms with Crippen LogP contribution >= 0.6 is 0 Å². The first-order valence-corrected chi connectivity index (χ1v) is 12.8. The molecule has 5 rings (SSSR count). The van der Waals surface area contributed by atoms with Crippen molar-refractivity contribution in [3.8, 4) is 0 Å². The standard InChI is InChI=1S/C25H38O9/c1-24-8-7-12(33-23-20(30)18(28)19(29)21(34-23)22(31)32)9-11(24)3-4-13-14-5-6-16(27)25(14,2)10-15(26)17(13)24/h11-15,17-21,23,26,28-30H,3-10H2,1-2H3,(H,31,32)/t11?,12-,13-,14-,15-,17+,18-,19-,20+,21-,23+,24-,25-/m0/s1. The van der Waals surface area contributed by atoms with Gasteiger partial charge in [0.2, 0.25) is 0 Å². The molecule has 0 aromatic carbocycles. The van der Waals surface area contributed by atoms with Crippen molar-refractivity contribution < 1.29 is 44.6 Å². The number of hydrogen-bond acceptors (Lipinski definition) is 8. The average Bonchev–Trinajstić information content (AvgIpc) is 3.07. The van der Waals surface area contributed by atoms with Crippen LogP contribution in [0.1, 0.15) is 65.2 Å². The number of carboxylic acid groups (broad SMARTS) is 1. The Morgan fingerprint density at radius 1 is 1.03 bits per heavy atom. The highest BCUT2D eigenvalue weighted by Crippen LogP contribution is 2.65. The number of fused-ring (bicyclic) bond motifs is 5. The zero-order valence-corrected chi connectivity index (χ0v) is 19.9. The van der Waals surface area contributed by atoms with E-state index in [0.717, 1.165) is 25.7 Å². The smallest absolute Gasteiger partial charge is 0.335 e. The molecule has 4 saturated carbocycles. The lowest BCUT2D eigenvalue weighted by Crippen LogP contribution is -2.62. The second kappa shape index (κ2) is 8.49. The molecule has 5 aliphatic rings. The number of carbonyl (C=O) groups is 2. The monoisotopic (exact) mass is 482 g/mol. The van der Waals surface area contributed by atoms with E-state index < -0.39 is 48.2 Å². The van der Waals surface area contributed by atoms with Crippen LogP contribution in [0.3, 0.4) is 0 Å². The second-order valence-electron chi connectivity index (χ2n) is 12.0. The van der Waals surface area contributed by atoms with Crippen LogP contribution in [0.4, 0.5) is 0 Å². The van der Waals surface area contributed by atoms with Gasteiger partial charge >= 0.3 is 5.97 Å². The number of aliphatic hydroxyl groups excluding tert-OH is 4. The molecule has 0 radical (unpaired) electrons. The van der Waals surface area contributed by atoms with Crippen molar-refractivity contribution in [1.82, 2.24) is 0 Å². The van der Waals surface area contributed by atoms with Crippen molar-refractivity contribution in [2.45, 2.75) is 108 Å². The predicted octanol–water partition coefficient (Wildman–Crippen LogP) is 0.846. The Morgan fingerprint density at radius 2 is 1.76 bits per heavy atom. The molecule has 4 aliphatic carbocycles. The molecule has 9 heteroatoms. The summed E-state index contributed by atoms with van der Waals surface area (Å²) in [6.45, 7) is 4.32. The zero-order valence-electron chi connectivity index (χ0n) is 19.9. The lowest BCUT2D eigenvalue weighted by atomic mass is 9.44. The molecule has 0 bridgehead atoms. The Hall–Kier alpha value is -1.10. The molecule has 0 spiro atoms. The highest BCUT2D eigenvalue weighted by molar-refractivity contribution is 5.87. The van der Waals surface area contributed by atoms with Gasteiger partial charge in [-0.05, 0) is 74.0 Å². The molecule has 0 aromatic rings. The quantitative estimate of drug-likeness (QED) is 0.368. The molecule has 192 valence electrons. The van der Waals surface area contributed by atoms with E-state index in [4.69, 9.17) is 9.47 Å². The van der Waals surface area contributed by atoms with Crippen LogP contribution in [0, 0.1) is 34.5 Å². The number of carbonyl (C=O) groups excluding carboxylic acids is 1. The van der Waals surface area contributed by atoms with Gasteiger partial charge in [0, 0.05) is 11.8 Å². The van der Waals surface area contributed by atoms with Gasteiger partial charge in [-0.3, -0.25) is 4.79 Å². The molecule has 1 heterocycles. The zero-order chi connectivity index (χ0) is 24.6. The van der Waals surface area contributed by atoms with E-state index in [-0.39, 0.29) is 23.4 Å². The number of hydrogen-bond donors (Lipinski definition) is 5. The number of aliphatic hydroxyl groups is 4. The molecular formula is C25H38O9.